The molecule has 1 aromatic heterocycles. The summed E-state index contributed by atoms with van der Waals surface area (Å²) in [5, 5.41) is 5.95. The van der Waals surface area contributed by atoms with Crippen LogP contribution in [0.3, 0.4) is 0 Å². The molecular formula is C20H29N7O4S. The third-order valence-electron chi connectivity index (χ3n) is 5.66. The number of aryl methyl sites for hydroxylation is 1. The first kappa shape index (κ1) is 23.7. The van der Waals surface area contributed by atoms with Crippen molar-refractivity contribution in [1.82, 2.24) is 14.7 Å². The Morgan fingerprint density at radius 1 is 1.25 bits per heavy atom. The zero-order valence-electron chi connectivity index (χ0n) is 18.1. The second-order valence-corrected chi connectivity index (χ2v) is 9.97. The van der Waals surface area contributed by atoms with Crippen molar-refractivity contribution in [1.29, 1.82) is 0 Å². The van der Waals surface area contributed by atoms with Gasteiger partial charge in [-0.05, 0) is 44.5 Å². The van der Waals surface area contributed by atoms with Crippen LogP contribution in [0.15, 0.2) is 27.9 Å². The Hall–Kier alpha value is -2.96. The van der Waals surface area contributed by atoms with E-state index in [1.165, 1.54) is 19.2 Å². The average Bonchev–Trinajstić information content (AvgIpc) is 2.74. The molecule has 0 saturated heterocycles. The largest absolute Gasteiger partial charge is 0.365 e. The van der Waals surface area contributed by atoms with Crippen molar-refractivity contribution in [2.24, 2.45) is 11.5 Å². The van der Waals surface area contributed by atoms with E-state index >= 15 is 0 Å². The van der Waals surface area contributed by atoms with Crippen molar-refractivity contribution in [3.05, 3.63) is 39.7 Å². The maximum atomic E-state index is 12.6. The Bertz CT molecular complexity index is 1170. The quantitative estimate of drug-likeness (QED) is 0.333. The number of aromatic amines is 1. The third-order valence-corrected chi connectivity index (χ3v) is 7.08. The van der Waals surface area contributed by atoms with Crippen LogP contribution < -0.4 is 32.4 Å². The highest BCUT2D eigenvalue weighted by Crippen LogP contribution is 2.27. The lowest BCUT2D eigenvalue weighted by Crippen LogP contribution is -2.48. The molecule has 3 rings (SSSR count). The van der Waals surface area contributed by atoms with Crippen molar-refractivity contribution in [2.45, 2.75) is 49.5 Å². The molecule has 0 atom stereocenters. The molecule has 1 aliphatic rings. The van der Waals surface area contributed by atoms with Crippen molar-refractivity contribution in [2.75, 3.05) is 24.2 Å². The van der Waals surface area contributed by atoms with Crippen molar-refractivity contribution in [3.8, 4) is 0 Å². The standard InChI is InChI=1S/C20H29N7O4S/c1-12-6-7-13(32(30,31)23-2)10-14(12)25-17-15(16(21)28)18(29)27-19(26-17)24-11-20(22)8-4-3-5-9-20/h6-7,10,23H,3-5,8-9,11,22H2,1-2H3,(H2,21,28)(H3,24,25,26,27,29). The minimum absolute atomic E-state index is 0.0132. The van der Waals surface area contributed by atoms with Crippen LogP contribution in [-0.2, 0) is 10.0 Å². The van der Waals surface area contributed by atoms with Gasteiger partial charge in [0.05, 0.1) is 4.90 Å². The Morgan fingerprint density at radius 3 is 2.56 bits per heavy atom. The van der Waals surface area contributed by atoms with Gasteiger partial charge < -0.3 is 22.1 Å². The number of benzene rings is 1. The average molecular weight is 464 g/mol. The van der Waals surface area contributed by atoms with Crippen LogP contribution in [0.2, 0.25) is 0 Å². The first-order valence-corrected chi connectivity index (χ1v) is 11.8. The molecule has 1 fully saturated rings. The number of carbonyl (C=O) groups excluding carboxylic acids is 1. The van der Waals surface area contributed by atoms with Crippen LogP contribution in [0.1, 0.15) is 48.0 Å². The highest BCUT2D eigenvalue weighted by atomic mass is 32.2. The predicted molar refractivity (Wildman–Crippen MR) is 123 cm³/mol. The SMILES string of the molecule is CNS(=O)(=O)c1ccc(C)c(Nc2nc(NCC3(N)CCCCC3)[nH]c(=O)c2C(N)=O)c1. The molecule has 1 heterocycles. The number of nitrogens with zero attached hydrogens (tertiary/aromatic N) is 1. The molecule has 1 aliphatic carbocycles. The monoisotopic (exact) mass is 463 g/mol. The number of nitrogens with two attached hydrogens (primary N) is 2. The van der Waals surface area contributed by atoms with E-state index in [1.807, 2.05) is 0 Å². The minimum atomic E-state index is -3.70. The van der Waals surface area contributed by atoms with Gasteiger partial charge in [-0.15, -0.1) is 0 Å². The van der Waals surface area contributed by atoms with Crippen LogP contribution >= 0.6 is 0 Å². The van der Waals surface area contributed by atoms with E-state index in [9.17, 15) is 18.0 Å². The number of sulfonamides is 1. The molecule has 0 aliphatic heterocycles. The molecule has 174 valence electrons. The van der Waals surface area contributed by atoms with Crippen LogP contribution in [-0.4, -0.2) is 43.4 Å². The Morgan fingerprint density at radius 2 is 1.94 bits per heavy atom. The number of primary amides is 1. The summed E-state index contributed by atoms with van der Waals surface area (Å²) >= 11 is 0. The summed E-state index contributed by atoms with van der Waals surface area (Å²) < 4.78 is 26.6. The normalized spacial score (nSPS) is 15.8. The van der Waals surface area contributed by atoms with Gasteiger partial charge in [-0.25, -0.2) is 13.1 Å². The number of aromatic nitrogens is 2. The molecule has 0 unspecified atom stereocenters. The summed E-state index contributed by atoms with van der Waals surface area (Å²) in [6, 6.07) is 4.44. The lowest BCUT2D eigenvalue weighted by atomic mass is 9.82. The number of carbonyl (C=O) groups is 1. The Balaban J connectivity index is 1.95. The van der Waals surface area contributed by atoms with E-state index in [-0.39, 0.29) is 22.2 Å². The van der Waals surface area contributed by atoms with Crippen LogP contribution in [0.25, 0.3) is 0 Å². The van der Waals surface area contributed by atoms with Crippen LogP contribution in [0.4, 0.5) is 17.5 Å². The summed E-state index contributed by atoms with van der Waals surface area (Å²) in [6.45, 7) is 2.15. The van der Waals surface area contributed by atoms with E-state index in [0.717, 1.165) is 32.1 Å². The van der Waals surface area contributed by atoms with Gasteiger partial charge in [0, 0.05) is 17.8 Å². The molecule has 11 nitrogen and oxygen atoms in total. The molecule has 1 aromatic carbocycles. The summed E-state index contributed by atoms with van der Waals surface area (Å²) in [4.78, 5) is 31.4. The number of hydrogen-bond acceptors (Lipinski definition) is 8. The zero-order chi connectivity index (χ0) is 23.5. The molecular weight excluding hydrogens is 434 g/mol. The number of H-pyrrole nitrogens is 1. The maximum Gasteiger partial charge on any atom is 0.267 e. The predicted octanol–water partition coefficient (Wildman–Crippen LogP) is 0.902. The van der Waals surface area contributed by atoms with Gasteiger partial charge in [0.1, 0.15) is 5.56 Å². The molecule has 12 heteroatoms. The van der Waals surface area contributed by atoms with E-state index in [2.05, 4.69) is 25.3 Å². The number of amides is 1. The van der Waals surface area contributed by atoms with Crippen LogP contribution in [0, 0.1) is 6.92 Å². The van der Waals surface area contributed by atoms with E-state index in [1.54, 1.807) is 13.0 Å². The lowest BCUT2D eigenvalue weighted by molar-refractivity contribution is 0.0999. The second kappa shape index (κ2) is 9.27. The van der Waals surface area contributed by atoms with Gasteiger partial charge in [-0.2, -0.15) is 4.98 Å². The summed E-state index contributed by atoms with van der Waals surface area (Å²) in [7, 11) is -2.39. The van der Waals surface area contributed by atoms with Crippen molar-refractivity contribution >= 4 is 33.4 Å². The molecule has 32 heavy (non-hydrogen) atoms. The first-order chi connectivity index (χ1) is 15.0. The highest BCUT2D eigenvalue weighted by Gasteiger charge is 2.27. The molecule has 0 radical (unpaired) electrons. The molecule has 0 spiro atoms. The van der Waals surface area contributed by atoms with Crippen molar-refractivity contribution < 1.29 is 13.2 Å². The summed E-state index contributed by atoms with van der Waals surface area (Å²) in [5.74, 6) is -0.915. The van der Waals surface area contributed by atoms with E-state index in [4.69, 9.17) is 11.5 Å². The lowest BCUT2D eigenvalue weighted by Gasteiger charge is -2.33. The van der Waals surface area contributed by atoms with Gasteiger partial charge in [-0.1, -0.05) is 25.3 Å². The molecule has 1 saturated carbocycles. The number of anilines is 3. The number of hydrogen-bond donors (Lipinski definition) is 6. The maximum absolute atomic E-state index is 12.6. The Kier molecular flexibility index (Phi) is 6.86. The molecule has 0 bridgehead atoms. The van der Waals surface area contributed by atoms with Gasteiger partial charge >= 0.3 is 0 Å². The van der Waals surface area contributed by atoms with Gasteiger partial charge in [-0.3, -0.25) is 14.6 Å². The zero-order valence-corrected chi connectivity index (χ0v) is 18.9. The number of nitrogens with one attached hydrogen (secondary N) is 4. The fourth-order valence-corrected chi connectivity index (χ4v) is 4.47. The topological polar surface area (TPSA) is 185 Å². The summed E-state index contributed by atoms with van der Waals surface area (Å²) in [6.07, 6.45) is 4.96. The number of rotatable bonds is 8. The van der Waals surface area contributed by atoms with E-state index in [0.29, 0.717) is 17.8 Å². The highest BCUT2D eigenvalue weighted by molar-refractivity contribution is 7.89. The minimum Gasteiger partial charge on any atom is -0.365 e. The molecule has 1 amide bonds. The second-order valence-electron chi connectivity index (χ2n) is 8.09. The molecule has 8 N–H and O–H groups in total. The van der Waals surface area contributed by atoms with E-state index < -0.39 is 27.0 Å². The van der Waals surface area contributed by atoms with Gasteiger partial charge in [0.15, 0.2) is 5.82 Å². The van der Waals surface area contributed by atoms with Crippen molar-refractivity contribution in [3.63, 3.8) is 0 Å². The van der Waals surface area contributed by atoms with Gasteiger partial charge in [0.25, 0.3) is 11.5 Å². The third kappa shape index (κ3) is 5.26. The van der Waals surface area contributed by atoms with Crippen LogP contribution in [0.5, 0.6) is 0 Å². The Labute approximate surface area is 186 Å². The fourth-order valence-electron chi connectivity index (χ4n) is 3.72. The first-order valence-electron chi connectivity index (χ1n) is 10.3. The van der Waals surface area contributed by atoms with Gasteiger partial charge in [0.2, 0.25) is 16.0 Å². The smallest absolute Gasteiger partial charge is 0.267 e. The fraction of sp³-hybridized carbons (Fsp3) is 0.450. The molecule has 2 aromatic rings. The summed E-state index contributed by atoms with van der Waals surface area (Å²) in [5.41, 5.74) is 11.4.